The summed E-state index contributed by atoms with van der Waals surface area (Å²) in [7, 11) is 2.17. The van der Waals surface area contributed by atoms with E-state index < -0.39 is 0 Å². The summed E-state index contributed by atoms with van der Waals surface area (Å²) in [6.45, 7) is 8.78. The highest BCUT2D eigenvalue weighted by Gasteiger charge is 2.09. The number of aryl methyl sites for hydroxylation is 1. The zero-order valence-corrected chi connectivity index (χ0v) is 11.7. The van der Waals surface area contributed by atoms with Gasteiger partial charge < -0.3 is 10.2 Å². The Balaban J connectivity index is 2.54. The second-order valence-corrected chi connectivity index (χ2v) is 4.78. The van der Waals surface area contributed by atoms with Gasteiger partial charge in [0.25, 0.3) is 0 Å². The molecule has 0 saturated carbocycles. The molecule has 0 saturated heterocycles. The fourth-order valence-corrected chi connectivity index (χ4v) is 1.99. The summed E-state index contributed by atoms with van der Waals surface area (Å²) in [5.74, 6) is 0. The van der Waals surface area contributed by atoms with Crippen molar-refractivity contribution in [2.75, 3.05) is 25.0 Å². The Bertz CT molecular complexity index is 322. The summed E-state index contributed by atoms with van der Waals surface area (Å²) in [6.07, 6.45) is 2.38. The molecule has 1 unspecified atom stereocenters. The fraction of sp³-hybridized carbons (Fsp3) is 0.600. The fourth-order valence-electron chi connectivity index (χ4n) is 1.99. The molecule has 1 atom stereocenters. The highest BCUT2D eigenvalue weighted by atomic mass is 15.1. The molecular formula is C15H26N2. The monoisotopic (exact) mass is 234 g/mol. The Kier molecular flexibility index (Phi) is 6.06. The third-order valence-electron chi connectivity index (χ3n) is 3.11. The highest BCUT2D eigenvalue weighted by Crippen LogP contribution is 2.14. The van der Waals surface area contributed by atoms with E-state index in [-0.39, 0.29) is 0 Å². The number of benzene rings is 1. The van der Waals surface area contributed by atoms with Crippen molar-refractivity contribution in [1.82, 2.24) is 5.32 Å². The Morgan fingerprint density at radius 3 is 2.65 bits per heavy atom. The molecule has 0 spiro atoms. The van der Waals surface area contributed by atoms with Crippen molar-refractivity contribution in [1.29, 1.82) is 0 Å². The molecule has 1 rings (SSSR count). The number of nitrogens with one attached hydrogen (secondary N) is 1. The van der Waals surface area contributed by atoms with E-state index in [9.17, 15) is 0 Å². The molecule has 1 N–H and O–H groups in total. The van der Waals surface area contributed by atoms with Crippen molar-refractivity contribution in [2.45, 2.75) is 39.7 Å². The van der Waals surface area contributed by atoms with Gasteiger partial charge in [-0.3, -0.25) is 0 Å². The summed E-state index contributed by atoms with van der Waals surface area (Å²) in [5.41, 5.74) is 2.63. The molecule has 0 aliphatic heterocycles. The molecule has 96 valence electrons. The number of likely N-dealkylation sites (N-methyl/N-ethyl adjacent to an activating group) is 1. The van der Waals surface area contributed by atoms with Crippen LogP contribution in [0.2, 0.25) is 0 Å². The largest absolute Gasteiger partial charge is 0.373 e. The second kappa shape index (κ2) is 7.33. The molecule has 0 aliphatic carbocycles. The SMILES string of the molecule is CCCNC(CC)CN(C)c1cccc(C)c1. The summed E-state index contributed by atoms with van der Waals surface area (Å²) < 4.78 is 0. The molecule has 1 aromatic rings. The highest BCUT2D eigenvalue weighted by molar-refractivity contribution is 5.47. The predicted octanol–water partition coefficient (Wildman–Crippen LogP) is 3.21. The van der Waals surface area contributed by atoms with Gasteiger partial charge in [0.2, 0.25) is 0 Å². The number of hydrogen-bond acceptors (Lipinski definition) is 2. The van der Waals surface area contributed by atoms with Crippen LogP contribution in [0, 0.1) is 6.92 Å². The van der Waals surface area contributed by atoms with Gasteiger partial charge >= 0.3 is 0 Å². The number of rotatable bonds is 7. The van der Waals surface area contributed by atoms with Crippen LogP contribution in [-0.4, -0.2) is 26.2 Å². The molecule has 0 bridgehead atoms. The molecule has 0 aromatic heterocycles. The Labute approximate surface area is 106 Å². The van der Waals surface area contributed by atoms with Crippen LogP contribution in [0.5, 0.6) is 0 Å². The van der Waals surface area contributed by atoms with Crippen molar-refractivity contribution in [3.63, 3.8) is 0 Å². The van der Waals surface area contributed by atoms with Crippen LogP contribution < -0.4 is 10.2 Å². The van der Waals surface area contributed by atoms with Gasteiger partial charge in [-0.05, 0) is 44.0 Å². The predicted molar refractivity (Wildman–Crippen MR) is 76.8 cm³/mol. The molecule has 1 aromatic carbocycles. The Morgan fingerprint density at radius 2 is 2.06 bits per heavy atom. The van der Waals surface area contributed by atoms with Gasteiger partial charge in [0, 0.05) is 25.3 Å². The molecule has 2 heteroatoms. The van der Waals surface area contributed by atoms with Crippen LogP contribution in [0.1, 0.15) is 32.3 Å². The zero-order valence-electron chi connectivity index (χ0n) is 11.7. The Morgan fingerprint density at radius 1 is 1.29 bits per heavy atom. The topological polar surface area (TPSA) is 15.3 Å². The van der Waals surface area contributed by atoms with Gasteiger partial charge in [0.15, 0.2) is 0 Å². The maximum absolute atomic E-state index is 3.59. The van der Waals surface area contributed by atoms with Crippen molar-refractivity contribution in [2.24, 2.45) is 0 Å². The zero-order chi connectivity index (χ0) is 12.7. The first-order chi connectivity index (χ1) is 8.17. The van der Waals surface area contributed by atoms with Crippen molar-refractivity contribution in [3.8, 4) is 0 Å². The van der Waals surface area contributed by atoms with Gasteiger partial charge in [-0.15, -0.1) is 0 Å². The molecule has 0 heterocycles. The molecule has 0 aliphatic rings. The second-order valence-electron chi connectivity index (χ2n) is 4.78. The van der Waals surface area contributed by atoms with E-state index in [1.807, 2.05) is 0 Å². The molecule has 0 fully saturated rings. The van der Waals surface area contributed by atoms with Crippen LogP contribution in [0.15, 0.2) is 24.3 Å². The van der Waals surface area contributed by atoms with Gasteiger partial charge in [-0.25, -0.2) is 0 Å². The van der Waals surface area contributed by atoms with Gasteiger partial charge in [0.05, 0.1) is 0 Å². The standard InChI is InChI=1S/C15H26N2/c1-5-10-16-14(6-2)12-17(4)15-9-7-8-13(3)11-15/h7-9,11,14,16H,5-6,10,12H2,1-4H3. The van der Waals surface area contributed by atoms with E-state index in [1.54, 1.807) is 0 Å². The summed E-state index contributed by atoms with van der Waals surface area (Å²) in [4.78, 5) is 2.34. The van der Waals surface area contributed by atoms with E-state index in [0.717, 1.165) is 13.1 Å². The van der Waals surface area contributed by atoms with Crippen LogP contribution in [0.25, 0.3) is 0 Å². The van der Waals surface area contributed by atoms with E-state index >= 15 is 0 Å². The lowest BCUT2D eigenvalue weighted by Gasteiger charge is -2.26. The first-order valence-electron chi connectivity index (χ1n) is 6.68. The van der Waals surface area contributed by atoms with E-state index in [1.165, 1.54) is 24.1 Å². The smallest absolute Gasteiger partial charge is 0.0366 e. The first-order valence-corrected chi connectivity index (χ1v) is 6.68. The maximum atomic E-state index is 3.59. The third kappa shape index (κ3) is 4.78. The van der Waals surface area contributed by atoms with Crippen molar-refractivity contribution < 1.29 is 0 Å². The van der Waals surface area contributed by atoms with Gasteiger partial charge in [0.1, 0.15) is 0 Å². The average molecular weight is 234 g/mol. The average Bonchev–Trinajstić information content (AvgIpc) is 2.34. The van der Waals surface area contributed by atoms with Crippen LogP contribution >= 0.6 is 0 Å². The molecule has 2 nitrogen and oxygen atoms in total. The third-order valence-corrected chi connectivity index (χ3v) is 3.11. The number of hydrogen-bond donors (Lipinski definition) is 1. The van der Waals surface area contributed by atoms with Crippen molar-refractivity contribution in [3.05, 3.63) is 29.8 Å². The molecular weight excluding hydrogens is 208 g/mol. The minimum atomic E-state index is 0.584. The quantitative estimate of drug-likeness (QED) is 0.779. The van der Waals surface area contributed by atoms with Gasteiger partial charge in [-0.2, -0.15) is 0 Å². The van der Waals surface area contributed by atoms with Crippen LogP contribution in [0.4, 0.5) is 5.69 Å². The van der Waals surface area contributed by atoms with E-state index in [4.69, 9.17) is 0 Å². The molecule has 17 heavy (non-hydrogen) atoms. The lowest BCUT2D eigenvalue weighted by molar-refractivity contribution is 0.497. The first kappa shape index (κ1) is 14.0. The molecule has 0 radical (unpaired) electrons. The van der Waals surface area contributed by atoms with Gasteiger partial charge in [-0.1, -0.05) is 26.0 Å². The van der Waals surface area contributed by atoms with Crippen molar-refractivity contribution >= 4 is 5.69 Å². The van der Waals surface area contributed by atoms with Crippen LogP contribution in [0.3, 0.4) is 0 Å². The molecule has 0 amide bonds. The van der Waals surface area contributed by atoms with E-state index in [2.05, 4.69) is 62.3 Å². The normalized spacial score (nSPS) is 12.5. The minimum Gasteiger partial charge on any atom is -0.373 e. The lowest BCUT2D eigenvalue weighted by Crippen LogP contribution is -2.39. The summed E-state index contributed by atoms with van der Waals surface area (Å²) in [5, 5.41) is 3.59. The van der Waals surface area contributed by atoms with E-state index in [0.29, 0.717) is 6.04 Å². The Hall–Kier alpha value is -1.02. The summed E-state index contributed by atoms with van der Waals surface area (Å²) >= 11 is 0. The minimum absolute atomic E-state index is 0.584. The van der Waals surface area contributed by atoms with Crippen LogP contribution in [-0.2, 0) is 0 Å². The number of nitrogens with zero attached hydrogens (tertiary/aromatic N) is 1. The summed E-state index contributed by atoms with van der Waals surface area (Å²) in [6, 6.07) is 9.28. The maximum Gasteiger partial charge on any atom is 0.0366 e. The number of anilines is 1. The lowest BCUT2D eigenvalue weighted by atomic mass is 10.1.